The molecule has 1 aliphatic heterocycles. The Morgan fingerprint density at radius 3 is 3.05 bits per heavy atom. The van der Waals surface area contributed by atoms with E-state index in [4.69, 9.17) is 0 Å². The van der Waals surface area contributed by atoms with E-state index >= 15 is 0 Å². The highest BCUT2D eigenvalue weighted by atomic mass is 15.2. The third-order valence-corrected chi connectivity index (χ3v) is 4.22. The first-order valence-electron chi connectivity index (χ1n) is 7.32. The molecule has 0 radical (unpaired) electrons. The summed E-state index contributed by atoms with van der Waals surface area (Å²) >= 11 is 0. The van der Waals surface area contributed by atoms with Gasteiger partial charge in [0.05, 0.1) is 0 Å². The largest absolute Gasteiger partial charge is 0.324 e. The number of aryl methyl sites for hydroxylation is 1. The number of nitrogens with zero attached hydrogens (tertiary/aromatic N) is 3. The van der Waals surface area contributed by atoms with Gasteiger partial charge >= 0.3 is 0 Å². The van der Waals surface area contributed by atoms with Gasteiger partial charge in [0.15, 0.2) is 0 Å². The fourth-order valence-corrected chi connectivity index (χ4v) is 3.25. The van der Waals surface area contributed by atoms with E-state index in [1.54, 1.807) is 6.33 Å². The van der Waals surface area contributed by atoms with Crippen LogP contribution in [0.2, 0.25) is 0 Å². The number of anilines is 2. The molecule has 4 nitrogen and oxygen atoms in total. The van der Waals surface area contributed by atoms with Gasteiger partial charge in [0.1, 0.15) is 12.1 Å². The SMILES string of the molecule is c1ccc2c(c1)CNCCN2c1ncnc2c1CCC2. The van der Waals surface area contributed by atoms with E-state index in [0.717, 1.165) is 38.3 Å². The summed E-state index contributed by atoms with van der Waals surface area (Å²) in [5, 5.41) is 3.49. The highest BCUT2D eigenvalue weighted by molar-refractivity contribution is 5.67. The van der Waals surface area contributed by atoms with Crippen LogP contribution in [0.5, 0.6) is 0 Å². The van der Waals surface area contributed by atoms with Crippen LogP contribution in [0.4, 0.5) is 11.5 Å². The molecular weight excluding hydrogens is 248 g/mol. The zero-order valence-corrected chi connectivity index (χ0v) is 11.5. The van der Waals surface area contributed by atoms with E-state index in [1.807, 2.05) is 0 Å². The second-order valence-corrected chi connectivity index (χ2v) is 5.43. The molecule has 102 valence electrons. The molecule has 1 aromatic carbocycles. The van der Waals surface area contributed by atoms with Crippen LogP contribution in [-0.2, 0) is 19.4 Å². The molecular formula is C16H18N4. The van der Waals surface area contributed by atoms with Crippen molar-refractivity contribution < 1.29 is 0 Å². The minimum atomic E-state index is 0.931. The Morgan fingerprint density at radius 2 is 2.05 bits per heavy atom. The molecule has 2 aromatic rings. The molecule has 0 saturated carbocycles. The maximum atomic E-state index is 4.60. The highest BCUT2D eigenvalue weighted by Gasteiger charge is 2.24. The first-order chi connectivity index (χ1) is 9.93. The molecule has 4 heteroatoms. The molecule has 0 bridgehead atoms. The van der Waals surface area contributed by atoms with Gasteiger partial charge in [-0.25, -0.2) is 9.97 Å². The minimum Gasteiger partial charge on any atom is -0.324 e. The van der Waals surface area contributed by atoms with E-state index in [0.29, 0.717) is 0 Å². The number of nitrogens with one attached hydrogen (secondary N) is 1. The fraction of sp³-hybridized carbons (Fsp3) is 0.375. The molecule has 2 heterocycles. The third-order valence-electron chi connectivity index (χ3n) is 4.22. The van der Waals surface area contributed by atoms with Gasteiger partial charge in [0.25, 0.3) is 0 Å². The molecule has 1 aromatic heterocycles. The first-order valence-corrected chi connectivity index (χ1v) is 7.32. The Hall–Kier alpha value is -1.94. The Balaban J connectivity index is 1.84. The lowest BCUT2D eigenvalue weighted by molar-refractivity contribution is 0.710. The van der Waals surface area contributed by atoms with E-state index in [-0.39, 0.29) is 0 Å². The molecule has 1 aliphatic carbocycles. The second kappa shape index (κ2) is 4.87. The van der Waals surface area contributed by atoms with Crippen molar-refractivity contribution in [1.82, 2.24) is 15.3 Å². The van der Waals surface area contributed by atoms with Crippen molar-refractivity contribution in [3.05, 3.63) is 47.4 Å². The van der Waals surface area contributed by atoms with Crippen LogP contribution >= 0.6 is 0 Å². The summed E-state index contributed by atoms with van der Waals surface area (Å²) < 4.78 is 0. The number of aromatic nitrogens is 2. The zero-order valence-electron chi connectivity index (χ0n) is 11.5. The lowest BCUT2D eigenvalue weighted by Crippen LogP contribution is -2.26. The maximum Gasteiger partial charge on any atom is 0.139 e. The Kier molecular flexibility index (Phi) is 2.89. The molecule has 1 N–H and O–H groups in total. The van der Waals surface area contributed by atoms with Crippen molar-refractivity contribution in [1.29, 1.82) is 0 Å². The maximum absolute atomic E-state index is 4.60. The van der Waals surface area contributed by atoms with Gasteiger partial charge in [-0.3, -0.25) is 0 Å². The zero-order chi connectivity index (χ0) is 13.4. The molecule has 0 atom stereocenters. The van der Waals surface area contributed by atoms with E-state index in [2.05, 4.69) is 44.5 Å². The van der Waals surface area contributed by atoms with Gasteiger partial charge in [0.2, 0.25) is 0 Å². The summed E-state index contributed by atoms with van der Waals surface area (Å²) in [6.45, 7) is 2.87. The van der Waals surface area contributed by atoms with Crippen LogP contribution in [0, 0.1) is 0 Å². The highest BCUT2D eigenvalue weighted by Crippen LogP contribution is 2.34. The lowest BCUT2D eigenvalue weighted by atomic mass is 10.1. The number of para-hydroxylation sites is 1. The number of hydrogen-bond donors (Lipinski definition) is 1. The number of hydrogen-bond acceptors (Lipinski definition) is 4. The molecule has 0 spiro atoms. The van der Waals surface area contributed by atoms with Crippen molar-refractivity contribution in [3.8, 4) is 0 Å². The van der Waals surface area contributed by atoms with E-state index < -0.39 is 0 Å². The summed E-state index contributed by atoms with van der Waals surface area (Å²) in [6, 6.07) is 8.61. The molecule has 0 unspecified atom stereocenters. The first kappa shape index (κ1) is 11.9. The van der Waals surface area contributed by atoms with Crippen LogP contribution in [0.1, 0.15) is 23.2 Å². The van der Waals surface area contributed by atoms with Crippen LogP contribution in [0.15, 0.2) is 30.6 Å². The normalized spacial score (nSPS) is 17.5. The predicted octanol–water partition coefficient (Wildman–Crippen LogP) is 2.21. The van der Waals surface area contributed by atoms with Gasteiger partial charge in [0, 0.05) is 36.6 Å². The summed E-state index contributed by atoms with van der Waals surface area (Å²) in [6.07, 6.45) is 5.13. The van der Waals surface area contributed by atoms with Crippen LogP contribution in [-0.4, -0.2) is 23.1 Å². The van der Waals surface area contributed by atoms with Crippen LogP contribution < -0.4 is 10.2 Å². The van der Waals surface area contributed by atoms with Gasteiger partial charge in [-0.1, -0.05) is 18.2 Å². The Bertz CT molecular complexity index is 638. The number of benzene rings is 1. The van der Waals surface area contributed by atoms with Crippen molar-refractivity contribution in [2.45, 2.75) is 25.8 Å². The fourth-order valence-electron chi connectivity index (χ4n) is 3.25. The third kappa shape index (κ3) is 1.88. The number of fused-ring (bicyclic) bond motifs is 2. The van der Waals surface area contributed by atoms with Gasteiger partial charge in [-0.05, 0) is 30.9 Å². The average Bonchev–Trinajstić information content (AvgIpc) is 2.87. The van der Waals surface area contributed by atoms with E-state index in [1.165, 1.54) is 28.9 Å². The lowest BCUT2D eigenvalue weighted by Gasteiger charge is -2.25. The molecule has 0 amide bonds. The van der Waals surface area contributed by atoms with Crippen molar-refractivity contribution in [2.24, 2.45) is 0 Å². The molecule has 20 heavy (non-hydrogen) atoms. The van der Waals surface area contributed by atoms with Gasteiger partial charge < -0.3 is 10.2 Å². The van der Waals surface area contributed by atoms with Gasteiger partial charge in [-0.15, -0.1) is 0 Å². The number of rotatable bonds is 1. The molecule has 0 saturated heterocycles. The summed E-state index contributed by atoms with van der Waals surface area (Å²) in [5.41, 5.74) is 5.22. The molecule has 0 fully saturated rings. The molecule has 2 aliphatic rings. The van der Waals surface area contributed by atoms with E-state index in [9.17, 15) is 0 Å². The van der Waals surface area contributed by atoms with Crippen molar-refractivity contribution in [3.63, 3.8) is 0 Å². The van der Waals surface area contributed by atoms with Crippen molar-refractivity contribution >= 4 is 11.5 Å². The topological polar surface area (TPSA) is 41.0 Å². The monoisotopic (exact) mass is 266 g/mol. The summed E-state index contributed by atoms with van der Waals surface area (Å²) in [5.74, 6) is 1.11. The predicted molar refractivity (Wildman–Crippen MR) is 79.2 cm³/mol. The Labute approximate surface area is 118 Å². The smallest absolute Gasteiger partial charge is 0.139 e. The Morgan fingerprint density at radius 1 is 1.10 bits per heavy atom. The minimum absolute atomic E-state index is 0.931. The van der Waals surface area contributed by atoms with Crippen molar-refractivity contribution in [2.75, 3.05) is 18.0 Å². The van der Waals surface area contributed by atoms with Crippen LogP contribution in [0.25, 0.3) is 0 Å². The van der Waals surface area contributed by atoms with Gasteiger partial charge in [-0.2, -0.15) is 0 Å². The quantitative estimate of drug-likeness (QED) is 0.859. The van der Waals surface area contributed by atoms with Crippen LogP contribution in [0.3, 0.4) is 0 Å². The second-order valence-electron chi connectivity index (χ2n) is 5.43. The molecule has 4 rings (SSSR count). The average molecular weight is 266 g/mol. The summed E-state index contributed by atoms with van der Waals surface area (Å²) in [4.78, 5) is 11.4. The standard InChI is InChI=1S/C16H18N4/c1-2-7-15-12(4-1)10-17-8-9-20(15)16-13-5-3-6-14(13)18-11-19-16/h1-2,4,7,11,17H,3,5-6,8-10H2. The summed E-state index contributed by atoms with van der Waals surface area (Å²) in [7, 11) is 0.